The number of likely N-dealkylation sites (N-methyl/N-ethyl adjacent to an activating group) is 1. The van der Waals surface area contributed by atoms with Crippen molar-refractivity contribution in [1.29, 1.82) is 0 Å². The first-order chi connectivity index (χ1) is 16.1. The van der Waals surface area contributed by atoms with Gasteiger partial charge in [-0.3, -0.25) is 9.59 Å². The van der Waals surface area contributed by atoms with Gasteiger partial charge in [-0.1, -0.05) is 58.0 Å². The van der Waals surface area contributed by atoms with Gasteiger partial charge in [0.15, 0.2) is 0 Å². The van der Waals surface area contributed by atoms with E-state index in [0.717, 1.165) is 23.5 Å². The molecule has 6 nitrogen and oxygen atoms in total. The van der Waals surface area contributed by atoms with Crippen molar-refractivity contribution in [2.75, 3.05) is 13.6 Å². The van der Waals surface area contributed by atoms with E-state index in [-0.39, 0.29) is 23.9 Å². The second-order valence-corrected chi connectivity index (χ2v) is 11.5. The summed E-state index contributed by atoms with van der Waals surface area (Å²) in [6, 6.07) is 7.42. The summed E-state index contributed by atoms with van der Waals surface area (Å²) in [7, 11) is 1.74. The number of allylic oxidation sites excluding steroid dienone is 1. The molecule has 0 unspecified atom stereocenters. The van der Waals surface area contributed by atoms with Crippen LogP contribution in [-0.2, 0) is 16.0 Å². The Bertz CT molecular complexity index is 1100. The van der Waals surface area contributed by atoms with Gasteiger partial charge in [-0.25, -0.2) is 4.98 Å². The Hall–Kier alpha value is -2.51. The van der Waals surface area contributed by atoms with E-state index in [1.165, 1.54) is 16.7 Å². The Labute approximate surface area is 206 Å². The number of likely N-dealkylation sites (tertiary alicyclic amines) is 1. The van der Waals surface area contributed by atoms with Crippen LogP contribution in [0.5, 0.6) is 0 Å². The molecule has 7 heteroatoms. The highest BCUT2D eigenvalue weighted by molar-refractivity contribution is 7.09. The number of rotatable bonds is 6. The minimum absolute atomic E-state index is 0.0271. The fourth-order valence-corrected chi connectivity index (χ4v) is 5.92. The predicted molar refractivity (Wildman–Crippen MR) is 137 cm³/mol. The summed E-state index contributed by atoms with van der Waals surface area (Å²) < 4.78 is 0. The van der Waals surface area contributed by atoms with Gasteiger partial charge in [0, 0.05) is 17.5 Å². The van der Waals surface area contributed by atoms with Crippen molar-refractivity contribution >= 4 is 28.7 Å². The van der Waals surface area contributed by atoms with Crippen molar-refractivity contribution in [1.82, 2.24) is 20.5 Å². The zero-order valence-electron chi connectivity index (χ0n) is 21.0. The first-order valence-electron chi connectivity index (χ1n) is 12.1. The van der Waals surface area contributed by atoms with Crippen molar-refractivity contribution < 1.29 is 9.59 Å². The molecule has 1 saturated heterocycles. The van der Waals surface area contributed by atoms with Crippen molar-refractivity contribution in [3.63, 3.8) is 0 Å². The number of carbonyl (C=O) groups is 2. The maximum absolute atomic E-state index is 13.9. The summed E-state index contributed by atoms with van der Waals surface area (Å²) in [5, 5.41) is 9.06. The van der Waals surface area contributed by atoms with E-state index in [4.69, 9.17) is 4.98 Å². The largest absolute Gasteiger partial charge is 0.342 e. The van der Waals surface area contributed by atoms with Crippen LogP contribution in [-0.4, -0.2) is 47.4 Å². The summed E-state index contributed by atoms with van der Waals surface area (Å²) in [5.74, 6) is 0.115. The van der Waals surface area contributed by atoms with Gasteiger partial charge in [0.1, 0.15) is 11.0 Å². The molecule has 2 aliphatic rings. The van der Waals surface area contributed by atoms with E-state index in [0.29, 0.717) is 12.5 Å². The normalized spacial score (nSPS) is 21.7. The van der Waals surface area contributed by atoms with Crippen LogP contribution in [0, 0.1) is 11.3 Å². The third-order valence-electron chi connectivity index (χ3n) is 7.09. The number of nitrogens with zero attached hydrogens (tertiary/aromatic N) is 2. The van der Waals surface area contributed by atoms with Gasteiger partial charge in [-0.15, -0.1) is 11.3 Å². The van der Waals surface area contributed by atoms with Gasteiger partial charge in [-0.05, 0) is 49.3 Å². The first-order valence-corrected chi connectivity index (χ1v) is 13.0. The molecule has 4 rings (SSSR count). The van der Waals surface area contributed by atoms with Crippen molar-refractivity contribution in [2.45, 2.75) is 65.6 Å². The molecule has 1 fully saturated rings. The maximum atomic E-state index is 13.9. The zero-order valence-corrected chi connectivity index (χ0v) is 21.8. The minimum atomic E-state index is -0.604. The number of carbonyl (C=O) groups excluding carboxylic acids is 2. The monoisotopic (exact) mass is 480 g/mol. The molecule has 0 radical (unpaired) electrons. The lowest BCUT2D eigenvalue weighted by Crippen LogP contribution is -2.57. The summed E-state index contributed by atoms with van der Waals surface area (Å²) >= 11 is 1.63. The van der Waals surface area contributed by atoms with Crippen LogP contribution in [0.2, 0.25) is 0 Å². The second kappa shape index (κ2) is 9.62. The van der Waals surface area contributed by atoms with Crippen LogP contribution in [0.15, 0.2) is 35.7 Å². The van der Waals surface area contributed by atoms with Gasteiger partial charge < -0.3 is 15.5 Å². The number of amides is 2. The van der Waals surface area contributed by atoms with Crippen LogP contribution in [0.3, 0.4) is 0 Å². The molecule has 1 aromatic carbocycles. The smallest absolute Gasteiger partial charge is 0.246 e. The lowest BCUT2D eigenvalue weighted by atomic mass is 9.85. The molecule has 1 aliphatic heterocycles. The third-order valence-corrected chi connectivity index (χ3v) is 8.01. The number of hydrogen-bond donors (Lipinski definition) is 2. The fourth-order valence-electron chi connectivity index (χ4n) is 4.86. The quantitative estimate of drug-likeness (QED) is 0.651. The average molecular weight is 481 g/mol. The van der Waals surface area contributed by atoms with Crippen LogP contribution >= 0.6 is 11.3 Å². The van der Waals surface area contributed by atoms with E-state index in [9.17, 15) is 9.59 Å². The van der Waals surface area contributed by atoms with Gasteiger partial charge in [0.25, 0.3) is 0 Å². The molecule has 0 spiro atoms. The Morgan fingerprint density at radius 2 is 1.97 bits per heavy atom. The molecular formula is C27H36N4O2S. The lowest BCUT2D eigenvalue weighted by molar-refractivity contribution is -0.141. The molecule has 34 heavy (non-hydrogen) atoms. The van der Waals surface area contributed by atoms with Gasteiger partial charge in [-0.2, -0.15) is 0 Å². The first kappa shape index (κ1) is 24.6. The highest BCUT2D eigenvalue weighted by Crippen LogP contribution is 2.41. The van der Waals surface area contributed by atoms with Crippen molar-refractivity contribution in [3.05, 3.63) is 57.6 Å². The van der Waals surface area contributed by atoms with Crippen molar-refractivity contribution in [3.8, 4) is 0 Å². The molecule has 4 atom stereocenters. The summed E-state index contributed by atoms with van der Waals surface area (Å²) in [4.78, 5) is 33.5. The molecule has 2 aromatic rings. The topological polar surface area (TPSA) is 74.3 Å². The highest BCUT2D eigenvalue weighted by atomic mass is 32.1. The SMILES string of the molecule is CN[C@@H](C)C(=O)N[C@H](C(=O)N1CC[C@H](C)[C@H]1c1nc(C2=CCc3ccccc32)cs1)C(C)(C)C. The van der Waals surface area contributed by atoms with E-state index in [1.54, 1.807) is 25.3 Å². The molecule has 0 saturated carbocycles. The average Bonchev–Trinajstić information content (AvgIpc) is 3.53. The number of nitrogens with one attached hydrogen (secondary N) is 2. The van der Waals surface area contributed by atoms with E-state index < -0.39 is 11.5 Å². The van der Waals surface area contributed by atoms with Crippen LogP contribution in [0.1, 0.15) is 68.9 Å². The lowest BCUT2D eigenvalue weighted by Gasteiger charge is -2.36. The number of aromatic nitrogens is 1. The van der Waals surface area contributed by atoms with Crippen LogP contribution in [0.25, 0.3) is 5.57 Å². The number of hydrogen-bond acceptors (Lipinski definition) is 5. The fraction of sp³-hybridized carbons (Fsp3) is 0.519. The van der Waals surface area contributed by atoms with E-state index in [2.05, 4.69) is 53.3 Å². The summed E-state index contributed by atoms with van der Waals surface area (Å²) in [6.07, 6.45) is 4.11. The molecule has 2 N–H and O–H groups in total. The van der Waals surface area contributed by atoms with Gasteiger partial charge in [0.2, 0.25) is 11.8 Å². The minimum Gasteiger partial charge on any atom is -0.342 e. The van der Waals surface area contributed by atoms with Crippen LogP contribution < -0.4 is 10.6 Å². The number of thiazole rings is 1. The standard InChI is InChI=1S/C27H36N4O2S/c1-16-13-14-31(26(33)23(27(3,4)5)30-24(32)17(2)28-6)22(16)25-29-21(15-34-25)20-12-11-18-9-7-8-10-19(18)20/h7-10,12,15-17,22-23,28H,11,13-14H2,1-6H3,(H,30,32)/t16-,17-,22-,23+/m0/s1. The zero-order chi connectivity index (χ0) is 24.6. The Morgan fingerprint density at radius 1 is 1.24 bits per heavy atom. The predicted octanol–water partition coefficient (Wildman–Crippen LogP) is 4.18. The van der Waals surface area contributed by atoms with Crippen molar-refractivity contribution in [2.24, 2.45) is 11.3 Å². The second-order valence-electron chi connectivity index (χ2n) is 10.6. The summed E-state index contributed by atoms with van der Waals surface area (Å²) in [6.45, 7) is 10.7. The maximum Gasteiger partial charge on any atom is 0.246 e. The Balaban J connectivity index is 1.59. The highest BCUT2D eigenvalue weighted by Gasteiger charge is 2.43. The molecule has 1 aliphatic carbocycles. The van der Waals surface area contributed by atoms with E-state index in [1.807, 2.05) is 25.7 Å². The Morgan fingerprint density at radius 3 is 2.68 bits per heavy atom. The number of fused-ring (bicyclic) bond motifs is 1. The Kier molecular flexibility index (Phi) is 6.97. The third kappa shape index (κ3) is 4.68. The molecule has 1 aromatic heterocycles. The summed E-state index contributed by atoms with van der Waals surface area (Å²) in [5.41, 5.74) is 4.34. The van der Waals surface area contributed by atoms with Gasteiger partial charge >= 0.3 is 0 Å². The van der Waals surface area contributed by atoms with Gasteiger partial charge in [0.05, 0.1) is 17.8 Å². The molecule has 2 heterocycles. The number of benzene rings is 1. The van der Waals surface area contributed by atoms with Crippen LogP contribution in [0.4, 0.5) is 0 Å². The molecule has 2 amide bonds. The molecular weight excluding hydrogens is 444 g/mol. The molecule has 182 valence electrons. The van der Waals surface area contributed by atoms with E-state index >= 15 is 0 Å². The molecule has 0 bridgehead atoms.